The molecule has 5 heteroatoms. The van der Waals surface area contributed by atoms with Crippen LogP contribution >= 0.6 is 0 Å². The average molecular weight is 315 g/mol. The molecule has 0 fully saturated rings. The number of benzene rings is 2. The van der Waals surface area contributed by atoms with Crippen LogP contribution in [0.15, 0.2) is 42.5 Å². The van der Waals surface area contributed by atoms with Gasteiger partial charge in [0, 0.05) is 5.69 Å². The van der Waals surface area contributed by atoms with Crippen LogP contribution in [0, 0.1) is 19.7 Å². The summed E-state index contributed by atoms with van der Waals surface area (Å²) < 4.78 is 17.7. The van der Waals surface area contributed by atoms with Crippen molar-refractivity contribution in [2.24, 2.45) is 0 Å². The number of nitrogens with one attached hydrogen (secondary N) is 1. The van der Waals surface area contributed by atoms with Crippen LogP contribution in [0.2, 0.25) is 0 Å². The minimum atomic E-state index is -0.535. The molecule has 0 heterocycles. The molecule has 0 spiro atoms. The van der Waals surface area contributed by atoms with E-state index < -0.39 is 11.9 Å². The Morgan fingerprint density at radius 1 is 1.09 bits per heavy atom. The van der Waals surface area contributed by atoms with Crippen molar-refractivity contribution in [1.29, 1.82) is 0 Å². The standard InChI is InChI=1S/C18H18FNO3/c1-12-3-8-16(13(2)9-12)20-17(21)11-23-18(22)10-14-4-6-15(19)7-5-14/h3-9H,10-11H2,1-2H3,(H,20,21). The van der Waals surface area contributed by atoms with Gasteiger partial charge in [0.25, 0.3) is 5.91 Å². The van der Waals surface area contributed by atoms with Crippen molar-refractivity contribution in [3.05, 3.63) is 65.0 Å². The van der Waals surface area contributed by atoms with Gasteiger partial charge in [0.1, 0.15) is 5.82 Å². The van der Waals surface area contributed by atoms with Gasteiger partial charge in [-0.3, -0.25) is 9.59 Å². The SMILES string of the molecule is Cc1ccc(NC(=O)COC(=O)Cc2ccc(F)cc2)c(C)c1. The van der Waals surface area contributed by atoms with Crippen molar-refractivity contribution in [2.45, 2.75) is 20.3 Å². The van der Waals surface area contributed by atoms with Gasteiger partial charge in [-0.25, -0.2) is 4.39 Å². The lowest BCUT2D eigenvalue weighted by Gasteiger charge is -2.09. The Labute approximate surface area is 134 Å². The molecule has 1 amide bonds. The zero-order valence-electron chi connectivity index (χ0n) is 13.1. The van der Waals surface area contributed by atoms with Crippen LogP contribution in [0.3, 0.4) is 0 Å². The van der Waals surface area contributed by atoms with E-state index in [1.165, 1.54) is 24.3 Å². The molecule has 23 heavy (non-hydrogen) atoms. The molecule has 2 rings (SSSR count). The minimum absolute atomic E-state index is 0.00286. The monoisotopic (exact) mass is 315 g/mol. The smallest absolute Gasteiger partial charge is 0.310 e. The zero-order valence-corrected chi connectivity index (χ0v) is 13.1. The summed E-state index contributed by atoms with van der Waals surface area (Å²) in [4.78, 5) is 23.5. The lowest BCUT2D eigenvalue weighted by Crippen LogP contribution is -2.22. The van der Waals surface area contributed by atoms with Crippen molar-refractivity contribution in [3.8, 4) is 0 Å². The molecule has 2 aromatic carbocycles. The van der Waals surface area contributed by atoms with E-state index in [1.807, 2.05) is 32.0 Å². The summed E-state index contributed by atoms with van der Waals surface area (Å²) in [6.07, 6.45) is -0.00286. The quantitative estimate of drug-likeness (QED) is 0.862. The molecule has 0 aliphatic rings. The Balaban J connectivity index is 1.81. The number of carbonyl (C=O) groups is 2. The predicted molar refractivity (Wildman–Crippen MR) is 85.6 cm³/mol. The van der Waals surface area contributed by atoms with E-state index in [0.717, 1.165) is 11.1 Å². The summed E-state index contributed by atoms with van der Waals surface area (Å²) in [6.45, 7) is 3.51. The summed E-state index contributed by atoms with van der Waals surface area (Å²) in [5.74, 6) is -1.30. The molecule has 0 bridgehead atoms. The molecule has 0 saturated heterocycles. The van der Waals surface area contributed by atoms with Crippen LogP contribution < -0.4 is 5.32 Å². The van der Waals surface area contributed by atoms with E-state index in [1.54, 1.807) is 0 Å². The van der Waals surface area contributed by atoms with E-state index in [2.05, 4.69) is 5.32 Å². The van der Waals surface area contributed by atoms with Crippen LogP contribution in [0.1, 0.15) is 16.7 Å². The van der Waals surface area contributed by atoms with Gasteiger partial charge in [-0.1, -0.05) is 29.8 Å². The van der Waals surface area contributed by atoms with Gasteiger partial charge in [0.05, 0.1) is 6.42 Å². The number of aryl methyl sites for hydroxylation is 2. The zero-order chi connectivity index (χ0) is 16.8. The Hall–Kier alpha value is -2.69. The second kappa shape index (κ2) is 7.54. The Bertz CT molecular complexity index is 711. The minimum Gasteiger partial charge on any atom is -0.455 e. The van der Waals surface area contributed by atoms with Crippen LogP contribution in [0.25, 0.3) is 0 Å². The fraction of sp³-hybridized carbons (Fsp3) is 0.222. The third kappa shape index (κ3) is 5.21. The van der Waals surface area contributed by atoms with E-state index >= 15 is 0 Å². The highest BCUT2D eigenvalue weighted by Gasteiger charge is 2.10. The molecule has 0 radical (unpaired) electrons. The van der Waals surface area contributed by atoms with Crippen LogP contribution in [-0.2, 0) is 20.7 Å². The highest BCUT2D eigenvalue weighted by molar-refractivity contribution is 5.93. The van der Waals surface area contributed by atoms with Crippen LogP contribution in [0.4, 0.5) is 10.1 Å². The maximum Gasteiger partial charge on any atom is 0.310 e. The topological polar surface area (TPSA) is 55.4 Å². The van der Waals surface area contributed by atoms with Gasteiger partial charge in [-0.15, -0.1) is 0 Å². The van der Waals surface area contributed by atoms with Crippen molar-refractivity contribution in [1.82, 2.24) is 0 Å². The number of halogens is 1. The maximum absolute atomic E-state index is 12.8. The van der Waals surface area contributed by atoms with Crippen molar-refractivity contribution in [3.63, 3.8) is 0 Å². The summed E-state index contributed by atoms with van der Waals surface area (Å²) >= 11 is 0. The van der Waals surface area contributed by atoms with Crippen molar-refractivity contribution < 1.29 is 18.7 Å². The summed E-state index contributed by atoms with van der Waals surface area (Å²) in [7, 11) is 0. The van der Waals surface area contributed by atoms with E-state index in [4.69, 9.17) is 4.74 Å². The van der Waals surface area contributed by atoms with E-state index in [9.17, 15) is 14.0 Å². The molecule has 0 aliphatic carbocycles. The predicted octanol–water partition coefficient (Wildman–Crippen LogP) is 3.17. The molecule has 1 N–H and O–H groups in total. The number of amides is 1. The number of rotatable bonds is 5. The molecule has 120 valence electrons. The molecule has 4 nitrogen and oxygen atoms in total. The largest absolute Gasteiger partial charge is 0.455 e. The second-order valence-electron chi connectivity index (χ2n) is 5.33. The first kappa shape index (κ1) is 16.7. The molecule has 0 aliphatic heterocycles. The van der Waals surface area contributed by atoms with Crippen LogP contribution in [-0.4, -0.2) is 18.5 Å². The van der Waals surface area contributed by atoms with Gasteiger partial charge in [-0.05, 0) is 43.2 Å². The molecular weight excluding hydrogens is 297 g/mol. The van der Waals surface area contributed by atoms with Gasteiger partial charge in [0.2, 0.25) is 0 Å². The van der Waals surface area contributed by atoms with E-state index in [0.29, 0.717) is 11.3 Å². The number of ether oxygens (including phenoxy) is 1. The van der Waals surface area contributed by atoms with Crippen molar-refractivity contribution in [2.75, 3.05) is 11.9 Å². The first-order chi connectivity index (χ1) is 10.9. The number of hydrogen-bond donors (Lipinski definition) is 1. The Morgan fingerprint density at radius 2 is 1.78 bits per heavy atom. The fourth-order valence-electron chi connectivity index (χ4n) is 2.11. The molecule has 2 aromatic rings. The molecule has 0 unspecified atom stereocenters. The van der Waals surface area contributed by atoms with Gasteiger partial charge in [0.15, 0.2) is 6.61 Å². The van der Waals surface area contributed by atoms with Crippen LogP contribution in [0.5, 0.6) is 0 Å². The molecule has 0 saturated carbocycles. The van der Waals surface area contributed by atoms with E-state index in [-0.39, 0.29) is 18.8 Å². The summed E-state index contributed by atoms with van der Waals surface area (Å²) in [5.41, 5.74) is 3.36. The molecular formula is C18H18FNO3. The second-order valence-corrected chi connectivity index (χ2v) is 5.33. The van der Waals surface area contributed by atoms with Gasteiger partial charge < -0.3 is 10.1 Å². The first-order valence-electron chi connectivity index (χ1n) is 7.21. The normalized spacial score (nSPS) is 10.2. The molecule has 0 atom stereocenters. The fourth-order valence-corrected chi connectivity index (χ4v) is 2.11. The lowest BCUT2D eigenvalue weighted by atomic mass is 10.1. The number of anilines is 1. The summed E-state index contributed by atoms with van der Waals surface area (Å²) in [5, 5.41) is 2.70. The number of hydrogen-bond acceptors (Lipinski definition) is 3. The number of carbonyl (C=O) groups excluding carboxylic acids is 2. The average Bonchev–Trinajstić information content (AvgIpc) is 2.50. The Kier molecular flexibility index (Phi) is 5.46. The summed E-state index contributed by atoms with van der Waals surface area (Å²) in [6, 6.07) is 11.2. The van der Waals surface area contributed by atoms with Gasteiger partial charge >= 0.3 is 5.97 Å². The maximum atomic E-state index is 12.8. The first-order valence-corrected chi connectivity index (χ1v) is 7.21. The highest BCUT2D eigenvalue weighted by Crippen LogP contribution is 2.15. The third-order valence-electron chi connectivity index (χ3n) is 3.28. The van der Waals surface area contributed by atoms with Crippen molar-refractivity contribution >= 4 is 17.6 Å². The number of esters is 1. The lowest BCUT2D eigenvalue weighted by molar-refractivity contribution is -0.146. The Morgan fingerprint density at radius 3 is 2.43 bits per heavy atom. The third-order valence-corrected chi connectivity index (χ3v) is 3.28. The highest BCUT2D eigenvalue weighted by atomic mass is 19.1. The van der Waals surface area contributed by atoms with Gasteiger partial charge in [-0.2, -0.15) is 0 Å². The molecule has 0 aromatic heterocycles.